The second-order valence-electron chi connectivity index (χ2n) is 7.08. The average molecular weight is 394 g/mol. The zero-order valence-corrected chi connectivity index (χ0v) is 16.0. The van der Waals surface area contributed by atoms with Gasteiger partial charge in [-0.05, 0) is 37.1 Å². The Hall–Kier alpha value is -3.62. The first-order chi connectivity index (χ1) is 14.0. The molecule has 0 unspecified atom stereocenters. The smallest absolute Gasteiger partial charge is 0.272 e. The van der Waals surface area contributed by atoms with Crippen molar-refractivity contribution in [2.75, 3.05) is 7.11 Å². The van der Waals surface area contributed by atoms with Crippen LogP contribution in [0.5, 0.6) is 5.88 Å². The molecule has 0 saturated heterocycles. The van der Waals surface area contributed by atoms with Gasteiger partial charge in [0.15, 0.2) is 5.69 Å². The van der Waals surface area contributed by atoms with Gasteiger partial charge in [0.05, 0.1) is 30.4 Å². The van der Waals surface area contributed by atoms with Gasteiger partial charge in [-0.2, -0.15) is 5.10 Å². The first-order valence-corrected chi connectivity index (χ1v) is 9.39. The molecule has 0 aliphatic heterocycles. The lowest BCUT2D eigenvalue weighted by molar-refractivity contribution is -0.123. The van der Waals surface area contributed by atoms with Crippen molar-refractivity contribution >= 4 is 11.8 Å². The molecule has 9 heteroatoms. The van der Waals surface area contributed by atoms with Gasteiger partial charge in [0.25, 0.3) is 5.91 Å². The van der Waals surface area contributed by atoms with Crippen LogP contribution in [0.15, 0.2) is 42.7 Å². The number of carbonyl (C=O) groups is 2. The molecule has 4 N–H and O–H groups in total. The van der Waals surface area contributed by atoms with Crippen molar-refractivity contribution in [2.45, 2.75) is 31.2 Å². The molecule has 0 atom stereocenters. The Morgan fingerprint density at radius 3 is 2.66 bits per heavy atom. The second kappa shape index (κ2) is 7.42. The SMILES string of the molecule is COc1ccc(-n2nc(C(=O)NC3(C(N)=O)CCCC3)cc2-c2ccc[nH]2)cn1. The van der Waals surface area contributed by atoms with Crippen LogP contribution in [0.2, 0.25) is 0 Å². The quantitative estimate of drug-likeness (QED) is 0.587. The van der Waals surface area contributed by atoms with Crippen LogP contribution in [0.3, 0.4) is 0 Å². The average Bonchev–Trinajstić information content (AvgIpc) is 3.48. The van der Waals surface area contributed by atoms with Crippen molar-refractivity contribution in [3.63, 3.8) is 0 Å². The number of hydrogen-bond donors (Lipinski definition) is 3. The van der Waals surface area contributed by atoms with Crippen LogP contribution in [-0.4, -0.2) is 44.2 Å². The summed E-state index contributed by atoms with van der Waals surface area (Å²) in [5.74, 6) is -0.463. The minimum atomic E-state index is -1.00. The Kier molecular flexibility index (Phi) is 4.79. The Labute approximate surface area is 167 Å². The Morgan fingerprint density at radius 1 is 1.28 bits per heavy atom. The van der Waals surface area contributed by atoms with E-state index in [-0.39, 0.29) is 5.69 Å². The molecule has 1 saturated carbocycles. The van der Waals surface area contributed by atoms with E-state index in [4.69, 9.17) is 10.5 Å². The molecule has 0 aromatic carbocycles. The van der Waals surface area contributed by atoms with Crippen molar-refractivity contribution in [1.82, 2.24) is 25.1 Å². The van der Waals surface area contributed by atoms with Gasteiger partial charge in [0.1, 0.15) is 5.54 Å². The van der Waals surface area contributed by atoms with Crippen molar-refractivity contribution in [3.05, 3.63) is 48.4 Å². The number of primary amides is 1. The summed E-state index contributed by atoms with van der Waals surface area (Å²) < 4.78 is 6.73. The van der Waals surface area contributed by atoms with E-state index >= 15 is 0 Å². The van der Waals surface area contributed by atoms with Gasteiger partial charge < -0.3 is 20.8 Å². The Balaban J connectivity index is 1.71. The maximum absolute atomic E-state index is 12.9. The van der Waals surface area contributed by atoms with E-state index in [1.165, 1.54) is 0 Å². The van der Waals surface area contributed by atoms with Crippen LogP contribution in [0.4, 0.5) is 0 Å². The summed E-state index contributed by atoms with van der Waals surface area (Å²) in [5, 5.41) is 7.30. The van der Waals surface area contributed by atoms with Gasteiger partial charge in [0.2, 0.25) is 11.8 Å². The summed E-state index contributed by atoms with van der Waals surface area (Å²) in [6.07, 6.45) is 6.19. The fourth-order valence-corrected chi connectivity index (χ4v) is 3.68. The van der Waals surface area contributed by atoms with E-state index in [0.29, 0.717) is 30.1 Å². The minimum Gasteiger partial charge on any atom is -0.481 e. The lowest BCUT2D eigenvalue weighted by Gasteiger charge is -2.26. The summed E-state index contributed by atoms with van der Waals surface area (Å²) in [4.78, 5) is 32.3. The third-order valence-corrected chi connectivity index (χ3v) is 5.27. The van der Waals surface area contributed by atoms with Crippen molar-refractivity contribution in [2.24, 2.45) is 5.73 Å². The van der Waals surface area contributed by atoms with Crippen LogP contribution >= 0.6 is 0 Å². The normalized spacial score (nSPS) is 15.2. The second-order valence-corrected chi connectivity index (χ2v) is 7.08. The number of hydrogen-bond acceptors (Lipinski definition) is 5. The van der Waals surface area contributed by atoms with Gasteiger partial charge >= 0.3 is 0 Å². The van der Waals surface area contributed by atoms with E-state index < -0.39 is 17.4 Å². The van der Waals surface area contributed by atoms with Crippen LogP contribution < -0.4 is 15.8 Å². The molecule has 3 aromatic rings. The van der Waals surface area contributed by atoms with Gasteiger partial charge in [-0.25, -0.2) is 9.67 Å². The highest BCUT2D eigenvalue weighted by atomic mass is 16.5. The number of methoxy groups -OCH3 is 1. The highest BCUT2D eigenvalue weighted by Crippen LogP contribution is 2.30. The molecule has 0 bridgehead atoms. The highest BCUT2D eigenvalue weighted by molar-refractivity contribution is 5.98. The van der Waals surface area contributed by atoms with Crippen molar-refractivity contribution in [3.8, 4) is 23.0 Å². The summed E-state index contributed by atoms with van der Waals surface area (Å²) >= 11 is 0. The molecule has 2 amide bonds. The fraction of sp³-hybridized carbons (Fsp3) is 0.300. The Bertz CT molecular complexity index is 1020. The van der Waals surface area contributed by atoms with Gasteiger partial charge in [0, 0.05) is 12.3 Å². The highest BCUT2D eigenvalue weighted by Gasteiger charge is 2.41. The summed E-state index contributed by atoms with van der Waals surface area (Å²) in [7, 11) is 1.54. The van der Waals surface area contributed by atoms with E-state index in [9.17, 15) is 9.59 Å². The number of nitrogens with one attached hydrogen (secondary N) is 2. The third-order valence-electron chi connectivity index (χ3n) is 5.27. The predicted molar refractivity (Wildman–Crippen MR) is 106 cm³/mol. The maximum Gasteiger partial charge on any atom is 0.272 e. The third kappa shape index (κ3) is 3.46. The van der Waals surface area contributed by atoms with Gasteiger partial charge in [-0.1, -0.05) is 12.8 Å². The summed E-state index contributed by atoms with van der Waals surface area (Å²) in [6, 6.07) is 8.94. The molecule has 9 nitrogen and oxygen atoms in total. The van der Waals surface area contributed by atoms with Crippen LogP contribution in [-0.2, 0) is 4.79 Å². The van der Waals surface area contributed by atoms with E-state index in [1.807, 2.05) is 12.1 Å². The van der Waals surface area contributed by atoms with E-state index in [2.05, 4.69) is 20.4 Å². The number of aromatic nitrogens is 4. The molecule has 3 aromatic heterocycles. The van der Waals surface area contributed by atoms with Crippen molar-refractivity contribution in [1.29, 1.82) is 0 Å². The lowest BCUT2D eigenvalue weighted by atomic mass is 9.96. The molecule has 4 rings (SSSR count). The van der Waals surface area contributed by atoms with Crippen LogP contribution in [0.1, 0.15) is 36.2 Å². The predicted octanol–water partition coefficient (Wildman–Crippen LogP) is 1.80. The summed E-state index contributed by atoms with van der Waals surface area (Å²) in [5.41, 5.74) is 6.92. The largest absolute Gasteiger partial charge is 0.481 e. The fourth-order valence-electron chi connectivity index (χ4n) is 3.68. The Morgan fingerprint density at radius 2 is 2.07 bits per heavy atom. The van der Waals surface area contributed by atoms with E-state index in [0.717, 1.165) is 18.5 Å². The topological polar surface area (TPSA) is 128 Å². The number of pyridine rings is 1. The number of nitrogens with zero attached hydrogens (tertiary/aromatic N) is 3. The molecule has 29 heavy (non-hydrogen) atoms. The van der Waals surface area contributed by atoms with Crippen LogP contribution in [0.25, 0.3) is 17.1 Å². The molecule has 0 radical (unpaired) electrons. The molecule has 1 aliphatic carbocycles. The number of rotatable bonds is 6. The molecule has 150 valence electrons. The monoisotopic (exact) mass is 394 g/mol. The number of nitrogens with two attached hydrogens (primary N) is 1. The molecule has 1 aliphatic rings. The first-order valence-electron chi connectivity index (χ1n) is 9.39. The molecule has 0 spiro atoms. The summed E-state index contributed by atoms with van der Waals surface area (Å²) in [6.45, 7) is 0. The zero-order valence-electron chi connectivity index (χ0n) is 16.0. The molecular formula is C20H22N6O3. The number of amides is 2. The lowest BCUT2D eigenvalue weighted by Crippen LogP contribution is -2.55. The number of carbonyl (C=O) groups excluding carboxylic acids is 2. The standard InChI is InChI=1S/C20H22N6O3/c1-29-17-7-6-13(12-23-17)26-16(14-5-4-10-22-14)11-15(25-26)18(27)24-20(19(21)28)8-2-3-9-20/h4-7,10-12,22H,2-3,8-9H2,1H3,(H2,21,28)(H,24,27). The molecular weight excluding hydrogens is 372 g/mol. The molecule has 3 heterocycles. The van der Waals surface area contributed by atoms with E-state index in [1.54, 1.807) is 42.4 Å². The molecule has 1 fully saturated rings. The maximum atomic E-state index is 12.9. The van der Waals surface area contributed by atoms with Crippen molar-refractivity contribution < 1.29 is 14.3 Å². The van der Waals surface area contributed by atoms with Gasteiger partial charge in [-0.3, -0.25) is 9.59 Å². The van der Waals surface area contributed by atoms with Gasteiger partial charge in [-0.15, -0.1) is 0 Å². The number of aromatic amines is 1. The van der Waals surface area contributed by atoms with Crippen LogP contribution in [0, 0.1) is 0 Å². The first kappa shape index (κ1) is 18.7. The zero-order chi connectivity index (χ0) is 20.4. The minimum absolute atomic E-state index is 0.193. The number of H-pyrrole nitrogens is 1. The number of ether oxygens (including phenoxy) is 1.